The number of nitrogens with two attached hydrogens (primary N) is 1. The van der Waals surface area contributed by atoms with Gasteiger partial charge in [-0.15, -0.1) is 11.3 Å². The Morgan fingerprint density at radius 3 is 2.74 bits per heavy atom. The lowest BCUT2D eigenvalue weighted by Gasteiger charge is -2.07. The first kappa shape index (κ1) is 14.1. The third-order valence-corrected chi connectivity index (χ3v) is 4.49. The van der Waals surface area contributed by atoms with Crippen LogP contribution in [0.5, 0.6) is 0 Å². The van der Waals surface area contributed by atoms with Crippen LogP contribution in [0.25, 0.3) is 0 Å². The molecule has 1 aromatic heterocycles. The number of aliphatic imine (C=N–C) groups is 1. The molecule has 5 heteroatoms. The normalized spacial score (nSPS) is 11.6. The van der Waals surface area contributed by atoms with Crippen molar-refractivity contribution in [1.29, 1.82) is 0 Å². The Labute approximate surface area is 125 Å². The van der Waals surface area contributed by atoms with E-state index in [-0.39, 0.29) is 0 Å². The zero-order valence-electron chi connectivity index (χ0n) is 10.9. The van der Waals surface area contributed by atoms with E-state index in [0.717, 1.165) is 10.2 Å². The summed E-state index contributed by atoms with van der Waals surface area (Å²) in [4.78, 5) is 5.51. The predicted octanol–water partition coefficient (Wildman–Crippen LogP) is 4.05. The summed E-state index contributed by atoms with van der Waals surface area (Å²) < 4.78 is 1.09. The fourth-order valence-corrected chi connectivity index (χ4v) is 2.98. The van der Waals surface area contributed by atoms with E-state index in [1.54, 1.807) is 11.3 Å². The van der Waals surface area contributed by atoms with Crippen LogP contribution in [0, 0.1) is 13.8 Å². The predicted molar refractivity (Wildman–Crippen MR) is 86.9 cm³/mol. The summed E-state index contributed by atoms with van der Waals surface area (Å²) in [6.07, 6.45) is 0. The summed E-state index contributed by atoms with van der Waals surface area (Å²) in [5.41, 5.74) is 9.35. The van der Waals surface area contributed by atoms with Gasteiger partial charge in [0.25, 0.3) is 0 Å². The second-order valence-electron chi connectivity index (χ2n) is 4.36. The number of aryl methyl sites for hydroxylation is 2. The van der Waals surface area contributed by atoms with Gasteiger partial charge in [0.2, 0.25) is 0 Å². The van der Waals surface area contributed by atoms with Crippen LogP contribution < -0.4 is 11.1 Å². The van der Waals surface area contributed by atoms with Gasteiger partial charge in [-0.3, -0.25) is 0 Å². The molecule has 2 rings (SSSR count). The molecule has 0 saturated heterocycles. The third-order valence-electron chi connectivity index (χ3n) is 2.81. The molecule has 3 nitrogen and oxygen atoms in total. The maximum absolute atomic E-state index is 5.88. The van der Waals surface area contributed by atoms with Gasteiger partial charge in [-0.05, 0) is 59.1 Å². The lowest BCUT2D eigenvalue weighted by atomic mass is 10.1. The van der Waals surface area contributed by atoms with E-state index in [2.05, 4.69) is 58.3 Å². The maximum atomic E-state index is 5.88. The number of nitrogens with zero attached hydrogens (tertiary/aromatic N) is 1. The van der Waals surface area contributed by atoms with E-state index < -0.39 is 0 Å². The van der Waals surface area contributed by atoms with Crippen LogP contribution in [-0.4, -0.2) is 5.96 Å². The fourth-order valence-electron chi connectivity index (χ4n) is 1.61. The number of hydrogen-bond donors (Lipinski definition) is 2. The molecule has 0 saturated carbocycles. The van der Waals surface area contributed by atoms with Crippen molar-refractivity contribution in [1.82, 2.24) is 0 Å². The van der Waals surface area contributed by atoms with Gasteiger partial charge in [0.05, 0.1) is 6.54 Å². The molecule has 0 fully saturated rings. The van der Waals surface area contributed by atoms with Gasteiger partial charge < -0.3 is 11.1 Å². The fraction of sp³-hybridized carbons (Fsp3) is 0.214. The average Bonchev–Trinajstić information content (AvgIpc) is 2.77. The van der Waals surface area contributed by atoms with Gasteiger partial charge in [0.1, 0.15) is 0 Å². The number of halogens is 1. The first-order chi connectivity index (χ1) is 9.04. The van der Waals surface area contributed by atoms with E-state index in [4.69, 9.17) is 5.73 Å². The highest BCUT2D eigenvalue weighted by molar-refractivity contribution is 9.10. The van der Waals surface area contributed by atoms with Gasteiger partial charge >= 0.3 is 0 Å². The molecule has 0 bridgehead atoms. The van der Waals surface area contributed by atoms with Gasteiger partial charge in [-0.2, -0.15) is 0 Å². The molecule has 2 aromatic rings. The first-order valence-electron chi connectivity index (χ1n) is 5.91. The van der Waals surface area contributed by atoms with Gasteiger partial charge in [0, 0.05) is 20.4 Å². The van der Waals surface area contributed by atoms with Crippen molar-refractivity contribution < 1.29 is 0 Å². The van der Waals surface area contributed by atoms with Crippen LogP contribution >= 0.6 is 27.3 Å². The van der Waals surface area contributed by atoms with Crippen molar-refractivity contribution >= 4 is 38.9 Å². The highest BCUT2D eigenvalue weighted by atomic mass is 79.9. The Hall–Kier alpha value is -1.33. The molecule has 100 valence electrons. The van der Waals surface area contributed by atoms with Crippen LogP contribution in [0.4, 0.5) is 5.69 Å². The number of benzene rings is 1. The van der Waals surface area contributed by atoms with Crippen molar-refractivity contribution in [2.45, 2.75) is 20.4 Å². The standard InChI is InChI=1S/C14H16BrN3S/c1-9-3-4-12(5-10(9)2)18-14(16)17-7-13-6-11(15)8-19-13/h3-6,8H,7H2,1-2H3,(H3,16,17,18). The number of guanidine groups is 1. The molecule has 0 amide bonds. The molecule has 1 aromatic carbocycles. The molecule has 0 radical (unpaired) electrons. The van der Waals surface area contributed by atoms with Gasteiger partial charge in [0.15, 0.2) is 5.96 Å². The average molecular weight is 338 g/mol. The Kier molecular flexibility index (Phi) is 4.61. The van der Waals surface area contributed by atoms with Crippen LogP contribution in [0.2, 0.25) is 0 Å². The highest BCUT2D eigenvalue weighted by Gasteiger charge is 1.99. The Morgan fingerprint density at radius 1 is 1.32 bits per heavy atom. The van der Waals surface area contributed by atoms with Crippen molar-refractivity contribution in [2.24, 2.45) is 10.7 Å². The lowest BCUT2D eigenvalue weighted by Crippen LogP contribution is -2.22. The first-order valence-corrected chi connectivity index (χ1v) is 7.59. The van der Waals surface area contributed by atoms with Crippen molar-refractivity contribution in [3.63, 3.8) is 0 Å². The molecular weight excluding hydrogens is 322 g/mol. The van der Waals surface area contributed by atoms with Gasteiger partial charge in [-0.25, -0.2) is 4.99 Å². The van der Waals surface area contributed by atoms with E-state index in [9.17, 15) is 0 Å². The smallest absolute Gasteiger partial charge is 0.193 e. The summed E-state index contributed by atoms with van der Waals surface area (Å²) in [6.45, 7) is 4.77. The van der Waals surface area contributed by atoms with Crippen LogP contribution in [0.1, 0.15) is 16.0 Å². The second-order valence-corrected chi connectivity index (χ2v) is 6.27. The molecule has 0 unspecified atom stereocenters. The molecular formula is C14H16BrN3S. The zero-order chi connectivity index (χ0) is 13.8. The number of anilines is 1. The largest absolute Gasteiger partial charge is 0.370 e. The minimum Gasteiger partial charge on any atom is -0.370 e. The monoisotopic (exact) mass is 337 g/mol. The van der Waals surface area contributed by atoms with Crippen LogP contribution in [0.3, 0.4) is 0 Å². The topological polar surface area (TPSA) is 50.4 Å². The molecule has 0 aliphatic carbocycles. The Bertz CT molecular complexity index is 604. The highest BCUT2D eigenvalue weighted by Crippen LogP contribution is 2.20. The molecule has 0 spiro atoms. The van der Waals surface area contributed by atoms with Crippen LogP contribution in [0.15, 0.2) is 39.1 Å². The quantitative estimate of drug-likeness (QED) is 0.655. The van der Waals surface area contributed by atoms with Crippen molar-refractivity contribution in [3.05, 3.63) is 50.1 Å². The zero-order valence-corrected chi connectivity index (χ0v) is 13.3. The van der Waals surface area contributed by atoms with E-state index in [0.29, 0.717) is 12.5 Å². The van der Waals surface area contributed by atoms with Crippen molar-refractivity contribution in [2.75, 3.05) is 5.32 Å². The summed E-state index contributed by atoms with van der Waals surface area (Å²) in [7, 11) is 0. The summed E-state index contributed by atoms with van der Waals surface area (Å²) in [5, 5.41) is 5.15. The lowest BCUT2D eigenvalue weighted by molar-refractivity contribution is 1.09. The van der Waals surface area contributed by atoms with Crippen LogP contribution in [-0.2, 0) is 6.54 Å². The van der Waals surface area contributed by atoms with E-state index >= 15 is 0 Å². The van der Waals surface area contributed by atoms with Gasteiger partial charge in [-0.1, -0.05) is 6.07 Å². The number of hydrogen-bond acceptors (Lipinski definition) is 2. The van der Waals surface area contributed by atoms with E-state index in [1.807, 2.05) is 11.4 Å². The SMILES string of the molecule is Cc1ccc(NC(N)=NCc2cc(Br)cs2)cc1C. The number of rotatable bonds is 3. The van der Waals surface area contributed by atoms with E-state index in [1.165, 1.54) is 16.0 Å². The molecule has 0 aliphatic heterocycles. The molecule has 1 heterocycles. The van der Waals surface area contributed by atoms with Crippen molar-refractivity contribution in [3.8, 4) is 0 Å². The Balaban J connectivity index is 1.99. The summed E-state index contributed by atoms with van der Waals surface area (Å²) >= 11 is 5.09. The summed E-state index contributed by atoms with van der Waals surface area (Å²) in [6, 6.07) is 8.20. The number of nitrogens with one attached hydrogen (secondary N) is 1. The molecule has 0 atom stereocenters. The third kappa shape index (κ3) is 4.08. The second kappa shape index (κ2) is 6.21. The molecule has 19 heavy (non-hydrogen) atoms. The molecule has 0 aliphatic rings. The Morgan fingerprint density at radius 2 is 2.11 bits per heavy atom. The minimum absolute atomic E-state index is 0.438. The number of thiophene rings is 1. The maximum Gasteiger partial charge on any atom is 0.193 e. The molecule has 3 N–H and O–H groups in total. The summed E-state index contributed by atoms with van der Waals surface area (Å²) in [5.74, 6) is 0.438. The minimum atomic E-state index is 0.438.